The van der Waals surface area contributed by atoms with Gasteiger partial charge in [0.15, 0.2) is 0 Å². The fraction of sp³-hybridized carbons (Fsp3) is 0.400. The Hall–Kier alpha value is -2.75. The summed E-state index contributed by atoms with van der Waals surface area (Å²) in [7, 11) is 0. The minimum atomic E-state index is -0.506. The van der Waals surface area contributed by atoms with E-state index in [2.05, 4.69) is 28.5 Å². The molecular weight excluding hydrogens is 284 g/mol. The summed E-state index contributed by atoms with van der Waals surface area (Å²) in [6.45, 7) is 10.5. The van der Waals surface area contributed by atoms with Crippen molar-refractivity contribution >= 4 is 12.0 Å². The number of carbonyl (C=O) groups is 2. The topological polar surface area (TPSA) is 94.5 Å². The number of ether oxygens (including phenoxy) is 1. The molecule has 0 aliphatic rings. The van der Waals surface area contributed by atoms with Crippen LogP contribution in [0.5, 0.6) is 0 Å². The van der Waals surface area contributed by atoms with E-state index >= 15 is 0 Å². The molecule has 0 saturated carbocycles. The van der Waals surface area contributed by atoms with Gasteiger partial charge in [0.2, 0.25) is 0 Å². The van der Waals surface area contributed by atoms with Gasteiger partial charge in [0, 0.05) is 32.4 Å². The first-order valence-electron chi connectivity index (χ1n) is 6.86. The smallest absolute Gasteiger partial charge is 0.407 e. The van der Waals surface area contributed by atoms with Crippen LogP contribution in [0.3, 0.4) is 0 Å². The van der Waals surface area contributed by atoms with E-state index in [9.17, 15) is 9.59 Å². The number of hydrogen-bond donors (Lipinski definition) is 2. The van der Waals surface area contributed by atoms with E-state index in [1.54, 1.807) is 19.1 Å². The molecule has 0 heterocycles. The van der Waals surface area contributed by atoms with Crippen molar-refractivity contribution in [3.05, 3.63) is 37.1 Å². The molecule has 2 N–H and O–H groups in total. The third-order valence-corrected chi connectivity index (χ3v) is 2.40. The second-order valence-corrected chi connectivity index (χ2v) is 4.06. The number of carbonyl (C=O) groups excluding carboxylic acids is 2. The SMILES string of the molecule is C=CCN(CC=C)C(=O)/C(C#N)=C\NCCNC(=O)OCC. The summed E-state index contributed by atoms with van der Waals surface area (Å²) in [5.41, 5.74) is -0.0279. The van der Waals surface area contributed by atoms with Crippen molar-refractivity contribution in [2.45, 2.75) is 6.92 Å². The molecule has 120 valence electrons. The van der Waals surface area contributed by atoms with Gasteiger partial charge in [0.05, 0.1) is 6.61 Å². The maximum atomic E-state index is 12.1. The Morgan fingerprint density at radius 3 is 2.41 bits per heavy atom. The van der Waals surface area contributed by atoms with Crippen molar-refractivity contribution in [3.63, 3.8) is 0 Å². The van der Waals surface area contributed by atoms with E-state index in [0.717, 1.165) is 0 Å². The lowest BCUT2D eigenvalue weighted by atomic mass is 10.2. The summed E-state index contributed by atoms with van der Waals surface area (Å²) in [6.07, 6.45) is 3.97. The minimum Gasteiger partial charge on any atom is -0.450 e. The normalized spacial score (nSPS) is 10.1. The second-order valence-electron chi connectivity index (χ2n) is 4.06. The van der Waals surface area contributed by atoms with Crippen LogP contribution in [-0.2, 0) is 9.53 Å². The lowest BCUT2D eigenvalue weighted by Crippen LogP contribution is -2.34. The average Bonchev–Trinajstić information content (AvgIpc) is 2.50. The Morgan fingerprint density at radius 2 is 1.91 bits per heavy atom. The predicted molar refractivity (Wildman–Crippen MR) is 83.7 cm³/mol. The highest BCUT2D eigenvalue weighted by Crippen LogP contribution is 2.01. The molecule has 0 rings (SSSR count). The van der Waals surface area contributed by atoms with Gasteiger partial charge in [-0.25, -0.2) is 4.79 Å². The molecular formula is C15H22N4O3. The van der Waals surface area contributed by atoms with Crippen molar-refractivity contribution in [1.82, 2.24) is 15.5 Å². The standard InChI is InChI=1S/C15H22N4O3/c1-4-9-19(10-5-2)14(20)13(11-16)12-17-7-8-18-15(21)22-6-3/h4-5,12,17H,1-2,6-10H2,3H3,(H,18,21)/b13-12-. The number of rotatable bonds is 10. The fourth-order valence-corrected chi connectivity index (χ4v) is 1.46. The molecule has 0 atom stereocenters. The molecule has 0 saturated heterocycles. The van der Waals surface area contributed by atoms with Gasteiger partial charge < -0.3 is 20.3 Å². The molecule has 0 fully saturated rings. The third-order valence-electron chi connectivity index (χ3n) is 2.40. The molecule has 0 aliphatic carbocycles. The van der Waals surface area contributed by atoms with Crippen LogP contribution in [0.4, 0.5) is 4.79 Å². The Labute approximate surface area is 130 Å². The molecule has 0 aromatic rings. The minimum absolute atomic E-state index is 0.0279. The Bertz CT molecular complexity index is 456. The molecule has 7 nitrogen and oxygen atoms in total. The first-order valence-corrected chi connectivity index (χ1v) is 6.86. The van der Waals surface area contributed by atoms with Gasteiger partial charge in [-0.05, 0) is 6.92 Å². The molecule has 0 aliphatic heterocycles. The van der Waals surface area contributed by atoms with Crippen LogP contribution in [0.25, 0.3) is 0 Å². The number of amides is 2. The van der Waals surface area contributed by atoms with E-state index in [1.165, 1.54) is 11.1 Å². The van der Waals surface area contributed by atoms with Crippen molar-refractivity contribution in [2.24, 2.45) is 0 Å². The van der Waals surface area contributed by atoms with E-state index in [1.807, 2.05) is 6.07 Å². The highest BCUT2D eigenvalue weighted by atomic mass is 16.5. The summed E-state index contributed by atoms with van der Waals surface area (Å²) >= 11 is 0. The van der Waals surface area contributed by atoms with E-state index in [-0.39, 0.29) is 5.57 Å². The van der Waals surface area contributed by atoms with Crippen LogP contribution < -0.4 is 10.6 Å². The van der Waals surface area contributed by atoms with Crippen molar-refractivity contribution in [2.75, 3.05) is 32.8 Å². The maximum Gasteiger partial charge on any atom is 0.407 e. The second kappa shape index (κ2) is 12.0. The van der Waals surface area contributed by atoms with Crippen molar-refractivity contribution in [1.29, 1.82) is 5.26 Å². The van der Waals surface area contributed by atoms with Crippen LogP contribution in [0.1, 0.15) is 6.92 Å². The van der Waals surface area contributed by atoms with Gasteiger partial charge in [-0.2, -0.15) is 5.26 Å². The first kappa shape index (κ1) is 19.2. The Balaban J connectivity index is 4.40. The highest BCUT2D eigenvalue weighted by molar-refractivity contribution is 5.97. The highest BCUT2D eigenvalue weighted by Gasteiger charge is 2.15. The average molecular weight is 306 g/mol. The van der Waals surface area contributed by atoms with Crippen molar-refractivity contribution < 1.29 is 14.3 Å². The molecule has 0 spiro atoms. The monoisotopic (exact) mass is 306 g/mol. The van der Waals surface area contributed by atoms with Crippen LogP contribution in [-0.4, -0.2) is 49.7 Å². The molecule has 22 heavy (non-hydrogen) atoms. The predicted octanol–water partition coefficient (Wildman–Crippen LogP) is 0.930. The van der Waals surface area contributed by atoms with E-state index in [4.69, 9.17) is 5.26 Å². The van der Waals surface area contributed by atoms with Crippen molar-refractivity contribution in [3.8, 4) is 6.07 Å². The molecule has 0 aromatic carbocycles. The molecule has 0 radical (unpaired) electrons. The lowest BCUT2D eigenvalue weighted by molar-refractivity contribution is -0.125. The van der Waals surface area contributed by atoms with E-state index in [0.29, 0.717) is 32.8 Å². The molecule has 0 aromatic heterocycles. The van der Waals surface area contributed by atoms with Gasteiger partial charge in [-0.15, -0.1) is 13.2 Å². The van der Waals surface area contributed by atoms with E-state index < -0.39 is 12.0 Å². The molecule has 0 bridgehead atoms. The van der Waals surface area contributed by atoms with Gasteiger partial charge >= 0.3 is 6.09 Å². The number of nitrogens with zero attached hydrogens (tertiary/aromatic N) is 2. The molecule has 2 amide bonds. The van der Waals surface area contributed by atoms with Gasteiger partial charge in [0.25, 0.3) is 5.91 Å². The summed E-state index contributed by atoms with van der Waals surface area (Å²) in [5.74, 6) is -0.409. The lowest BCUT2D eigenvalue weighted by Gasteiger charge is -2.18. The summed E-state index contributed by atoms with van der Waals surface area (Å²) in [4.78, 5) is 24.6. The van der Waals surface area contributed by atoms with Gasteiger partial charge in [0.1, 0.15) is 11.6 Å². The third kappa shape index (κ3) is 7.75. The number of nitriles is 1. The summed E-state index contributed by atoms with van der Waals surface area (Å²) in [6, 6.07) is 1.85. The fourth-order valence-electron chi connectivity index (χ4n) is 1.46. The van der Waals surface area contributed by atoms with Gasteiger partial charge in [-0.1, -0.05) is 12.2 Å². The summed E-state index contributed by atoms with van der Waals surface area (Å²) < 4.78 is 4.69. The molecule has 0 unspecified atom stereocenters. The largest absolute Gasteiger partial charge is 0.450 e. The summed E-state index contributed by atoms with van der Waals surface area (Å²) in [5, 5.41) is 14.4. The number of alkyl carbamates (subject to hydrolysis) is 1. The number of nitrogens with one attached hydrogen (secondary N) is 2. The quantitative estimate of drug-likeness (QED) is 0.271. The zero-order valence-electron chi connectivity index (χ0n) is 12.8. The van der Waals surface area contributed by atoms with Gasteiger partial charge in [-0.3, -0.25) is 4.79 Å². The number of hydrogen-bond acceptors (Lipinski definition) is 5. The van der Waals surface area contributed by atoms with Crippen LogP contribution in [0.15, 0.2) is 37.1 Å². The Kier molecular flexibility index (Phi) is 10.5. The van der Waals surface area contributed by atoms with Crippen LogP contribution in [0, 0.1) is 11.3 Å². The van der Waals surface area contributed by atoms with Crippen LogP contribution in [0.2, 0.25) is 0 Å². The zero-order valence-corrected chi connectivity index (χ0v) is 12.8. The van der Waals surface area contributed by atoms with Crippen LogP contribution >= 0.6 is 0 Å². The maximum absolute atomic E-state index is 12.1. The first-order chi connectivity index (χ1) is 10.6. The zero-order chi connectivity index (χ0) is 16.8. The Morgan fingerprint density at radius 1 is 1.27 bits per heavy atom. The molecule has 7 heteroatoms.